The van der Waals surface area contributed by atoms with Crippen molar-refractivity contribution in [1.29, 1.82) is 0 Å². The molecule has 118 valence electrons. The molecular formula is C14H19ClFNO3S. The van der Waals surface area contributed by atoms with Crippen molar-refractivity contribution in [2.24, 2.45) is 0 Å². The standard InChI is InChI=1S/C14H19ClFNO3S/c1-20-6-5-17(13-4-7-21(18,19)10-13)9-11-8-12(16)2-3-14(11)15/h2-3,8,13H,4-7,9-10H2,1H3/t13-/m1/s1. The number of hydrogen-bond acceptors (Lipinski definition) is 4. The average molecular weight is 336 g/mol. The Morgan fingerprint density at radius 1 is 1.48 bits per heavy atom. The SMILES string of the molecule is COCCN(Cc1cc(F)ccc1Cl)[C@@H]1CCS(=O)(=O)C1. The van der Waals surface area contributed by atoms with E-state index in [1.165, 1.54) is 18.2 Å². The van der Waals surface area contributed by atoms with E-state index in [-0.39, 0.29) is 23.4 Å². The van der Waals surface area contributed by atoms with E-state index in [0.717, 1.165) is 0 Å². The molecule has 4 nitrogen and oxygen atoms in total. The lowest BCUT2D eigenvalue weighted by Gasteiger charge is -2.28. The summed E-state index contributed by atoms with van der Waals surface area (Å²) in [7, 11) is -1.37. The maximum absolute atomic E-state index is 13.4. The summed E-state index contributed by atoms with van der Waals surface area (Å²) in [5.41, 5.74) is 0.664. The van der Waals surface area contributed by atoms with Gasteiger partial charge in [0, 0.05) is 31.3 Å². The van der Waals surface area contributed by atoms with E-state index in [9.17, 15) is 12.8 Å². The van der Waals surface area contributed by atoms with Crippen LogP contribution in [0.25, 0.3) is 0 Å². The Bertz CT molecular complexity index is 594. The third-order valence-electron chi connectivity index (χ3n) is 3.69. The molecule has 1 atom stereocenters. The van der Waals surface area contributed by atoms with E-state index in [1.807, 2.05) is 4.90 Å². The molecule has 0 unspecified atom stereocenters. The zero-order valence-corrected chi connectivity index (χ0v) is 13.5. The monoisotopic (exact) mass is 335 g/mol. The van der Waals surface area contributed by atoms with E-state index < -0.39 is 9.84 Å². The van der Waals surface area contributed by atoms with E-state index in [0.29, 0.717) is 36.7 Å². The van der Waals surface area contributed by atoms with Gasteiger partial charge in [0.1, 0.15) is 5.82 Å². The van der Waals surface area contributed by atoms with Crippen LogP contribution in [0.3, 0.4) is 0 Å². The smallest absolute Gasteiger partial charge is 0.151 e. The number of hydrogen-bond donors (Lipinski definition) is 0. The number of methoxy groups -OCH3 is 1. The molecule has 0 amide bonds. The number of benzene rings is 1. The topological polar surface area (TPSA) is 46.6 Å². The normalized spacial score (nSPS) is 21.0. The Morgan fingerprint density at radius 3 is 2.86 bits per heavy atom. The first-order valence-corrected chi connectivity index (χ1v) is 8.98. The average Bonchev–Trinajstić information content (AvgIpc) is 2.78. The lowest BCUT2D eigenvalue weighted by atomic mass is 10.1. The van der Waals surface area contributed by atoms with Crippen LogP contribution in [0.2, 0.25) is 5.02 Å². The van der Waals surface area contributed by atoms with Crippen molar-refractivity contribution in [3.8, 4) is 0 Å². The zero-order valence-electron chi connectivity index (χ0n) is 11.9. The second kappa shape index (κ2) is 7.05. The summed E-state index contributed by atoms with van der Waals surface area (Å²) < 4.78 is 41.7. The molecule has 1 aliphatic rings. The molecule has 2 rings (SSSR count). The van der Waals surface area contributed by atoms with Crippen molar-refractivity contribution in [3.63, 3.8) is 0 Å². The Morgan fingerprint density at radius 2 is 2.24 bits per heavy atom. The lowest BCUT2D eigenvalue weighted by molar-refractivity contribution is 0.121. The highest BCUT2D eigenvalue weighted by atomic mass is 35.5. The lowest BCUT2D eigenvalue weighted by Crippen LogP contribution is -2.38. The molecule has 0 N–H and O–H groups in total. The van der Waals surface area contributed by atoms with Crippen LogP contribution in [0.15, 0.2) is 18.2 Å². The second-order valence-electron chi connectivity index (χ2n) is 5.26. The molecule has 0 bridgehead atoms. The van der Waals surface area contributed by atoms with Crippen LogP contribution in [0.5, 0.6) is 0 Å². The molecule has 1 aliphatic heterocycles. The van der Waals surface area contributed by atoms with E-state index in [2.05, 4.69) is 0 Å². The molecule has 21 heavy (non-hydrogen) atoms. The van der Waals surface area contributed by atoms with Crippen LogP contribution >= 0.6 is 11.6 Å². The summed E-state index contributed by atoms with van der Waals surface area (Å²) in [6.07, 6.45) is 0.596. The van der Waals surface area contributed by atoms with E-state index in [4.69, 9.17) is 16.3 Å². The number of halogens is 2. The van der Waals surface area contributed by atoms with E-state index >= 15 is 0 Å². The van der Waals surface area contributed by atoms with Crippen LogP contribution < -0.4 is 0 Å². The first-order valence-electron chi connectivity index (χ1n) is 6.78. The molecule has 0 radical (unpaired) electrons. The summed E-state index contributed by atoms with van der Waals surface area (Å²) in [5.74, 6) is 0.00179. The molecule has 0 aromatic heterocycles. The van der Waals surface area contributed by atoms with Gasteiger partial charge < -0.3 is 4.74 Å². The molecule has 1 aromatic carbocycles. The number of rotatable bonds is 6. The summed E-state index contributed by atoms with van der Waals surface area (Å²) >= 11 is 6.09. The number of sulfone groups is 1. The molecule has 7 heteroatoms. The number of ether oxygens (including phenoxy) is 1. The van der Waals surface area contributed by atoms with Crippen molar-refractivity contribution in [1.82, 2.24) is 4.90 Å². The van der Waals surface area contributed by atoms with Gasteiger partial charge in [-0.05, 0) is 30.2 Å². The highest BCUT2D eigenvalue weighted by Gasteiger charge is 2.32. The maximum Gasteiger partial charge on any atom is 0.151 e. The van der Waals surface area contributed by atoms with Crippen LogP contribution in [0, 0.1) is 5.82 Å². The first kappa shape index (κ1) is 16.7. The molecular weight excluding hydrogens is 317 g/mol. The Kier molecular flexibility index (Phi) is 5.60. The molecule has 0 spiro atoms. The van der Waals surface area contributed by atoms with Gasteiger partial charge in [-0.3, -0.25) is 4.90 Å². The fraction of sp³-hybridized carbons (Fsp3) is 0.571. The highest BCUT2D eigenvalue weighted by molar-refractivity contribution is 7.91. The minimum absolute atomic E-state index is 0.0653. The van der Waals surface area contributed by atoms with Gasteiger partial charge in [-0.1, -0.05) is 11.6 Å². The Labute approximate surface area is 129 Å². The van der Waals surface area contributed by atoms with Gasteiger partial charge in [0.15, 0.2) is 9.84 Å². The molecule has 1 aromatic rings. The van der Waals surface area contributed by atoms with Gasteiger partial charge in [-0.15, -0.1) is 0 Å². The molecule has 0 aliphatic carbocycles. The minimum Gasteiger partial charge on any atom is -0.383 e. The zero-order chi connectivity index (χ0) is 15.5. The van der Waals surface area contributed by atoms with Gasteiger partial charge >= 0.3 is 0 Å². The number of nitrogens with zero attached hydrogens (tertiary/aromatic N) is 1. The van der Waals surface area contributed by atoms with Crippen molar-refractivity contribution < 1.29 is 17.5 Å². The van der Waals surface area contributed by atoms with Crippen LogP contribution in [0.4, 0.5) is 4.39 Å². The Hall–Kier alpha value is -0.690. The third kappa shape index (κ3) is 4.64. The predicted molar refractivity (Wildman–Crippen MR) is 80.8 cm³/mol. The summed E-state index contributed by atoms with van der Waals surface area (Å²) in [5, 5.41) is 0.486. The fourth-order valence-electron chi connectivity index (χ4n) is 2.55. The van der Waals surface area contributed by atoms with Crippen molar-refractivity contribution in [2.75, 3.05) is 31.8 Å². The molecule has 1 fully saturated rings. The van der Waals surface area contributed by atoms with Gasteiger partial charge in [0.05, 0.1) is 18.1 Å². The third-order valence-corrected chi connectivity index (χ3v) is 5.81. The first-order chi connectivity index (χ1) is 9.91. The van der Waals surface area contributed by atoms with Gasteiger partial charge in [-0.25, -0.2) is 12.8 Å². The second-order valence-corrected chi connectivity index (χ2v) is 7.89. The summed E-state index contributed by atoms with van der Waals surface area (Å²) in [6, 6.07) is 4.16. The van der Waals surface area contributed by atoms with Crippen molar-refractivity contribution in [3.05, 3.63) is 34.6 Å². The van der Waals surface area contributed by atoms with Crippen molar-refractivity contribution in [2.45, 2.75) is 19.0 Å². The molecule has 1 heterocycles. The van der Waals surface area contributed by atoms with Gasteiger partial charge in [0.25, 0.3) is 0 Å². The minimum atomic E-state index is -2.97. The Balaban J connectivity index is 2.14. The van der Waals surface area contributed by atoms with Crippen LogP contribution in [0.1, 0.15) is 12.0 Å². The van der Waals surface area contributed by atoms with Gasteiger partial charge in [-0.2, -0.15) is 0 Å². The van der Waals surface area contributed by atoms with E-state index in [1.54, 1.807) is 7.11 Å². The molecule has 1 saturated heterocycles. The quantitative estimate of drug-likeness (QED) is 0.799. The largest absolute Gasteiger partial charge is 0.383 e. The summed E-state index contributed by atoms with van der Waals surface area (Å²) in [4.78, 5) is 2.01. The van der Waals surface area contributed by atoms with Crippen molar-refractivity contribution >= 4 is 21.4 Å². The fourth-order valence-corrected chi connectivity index (χ4v) is 4.48. The summed E-state index contributed by atoms with van der Waals surface area (Å²) in [6.45, 7) is 1.49. The predicted octanol–water partition coefficient (Wildman–Crippen LogP) is 2.11. The maximum atomic E-state index is 13.4. The molecule has 0 saturated carbocycles. The van der Waals surface area contributed by atoms with Crippen LogP contribution in [-0.4, -0.2) is 51.1 Å². The van der Waals surface area contributed by atoms with Crippen LogP contribution in [-0.2, 0) is 21.1 Å². The highest BCUT2D eigenvalue weighted by Crippen LogP contribution is 2.23. The van der Waals surface area contributed by atoms with Gasteiger partial charge in [0.2, 0.25) is 0 Å².